The van der Waals surface area contributed by atoms with Gasteiger partial charge in [-0.15, -0.1) is 0 Å². The Morgan fingerprint density at radius 3 is 2.83 bits per heavy atom. The van der Waals surface area contributed by atoms with Crippen LogP contribution < -0.4 is 5.32 Å². The van der Waals surface area contributed by atoms with Crippen molar-refractivity contribution in [2.24, 2.45) is 10.9 Å². The van der Waals surface area contributed by atoms with E-state index in [4.69, 9.17) is 4.74 Å². The zero-order valence-corrected chi connectivity index (χ0v) is 13.1. The Kier molecular flexibility index (Phi) is 5.04. The largest absolute Gasteiger partial charge is 0.459 e. The van der Waals surface area contributed by atoms with E-state index in [0.29, 0.717) is 6.42 Å². The van der Waals surface area contributed by atoms with E-state index in [9.17, 15) is 9.59 Å². The predicted octanol–water partition coefficient (Wildman–Crippen LogP) is 2.42. The first-order chi connectivity index (χ1) is 11.8. The molecule has 3 unspecified atom stereocenters. The van der Waals surface area contributed by atoms with Gasteiger partial charge in [-0.1, -0.05) is 54.6 Å². The number of carbonyl (C=O) groups is 1. The van der Waals surface area contributed by atoms with Gasteiger partial charge in [0.25, 0.3) is 0 Å². The van der Waals surface area contributed by atoms with Crippen molar-refractivity contribution in [3.8, 4) is 0 Å². The second-order valence-electron chi connectivity index (χ2n) is 5.74. The van der Waals surface area contributed by atoms with Crippen LogP contribution in [0.2, 0.25) is 0 Å². The molecule has 1 aromatic carbocycles. The summed E-state index contributed by atoms with van der Waals surface area (Å²) in [7, 11) is 0. The van der Waals surface area contributed by atoms with Gasteiger partial charge in [0.15, 0.2) is 6.04 Å². The molecule has 0 radical (unpaired) electrons. The lowest BCUT2D eigenvalue weighted by Gasteiger charge is -2.20. The normalized spacial score (nSPS) is 21.9. The second-order valence-corrected chi connectivity index (χ2v) is 5.74. The van der Waals surface area contributed by atoms with E-state index in [1.807, 2.05) is 48.7 Å². The number of carbonyl (C=O) groups excluding carboxylic acids is 2. The smallest absolute Gasteiger partial charge is 0.332 e. The van der Waals surface area contributed by atoms with Gasteiger partial charge in [-0.3, -0.25) is 0 Å². The van der Waals surface area contributed by atoms with Crippen LogP contribution in [0.5, 0.6) is 0 Å². The molecule has 2 aliphatic rings. The number of isocyanates is 1. The lowest BCUT2D eigenvalue weighted by Crippen LogP contribution is -2.27. The molecule has 3 atom stereocenters. The van der Waals surface area contributed by atoms with E-state index in [1.54, 1.807) is 0 Å². The Morgan fingerprint density at radius 1 is 1.25 bits per heavy atom. The molecule has 1 aromatic rings. The minimum absolute atomic E-state index is 0.163. The van der Waals surface area contributed by atoms with Crippen LogP contribution in [0.4, 0.5) is 0 Å². The van der Waals surface area contributed by atoms with Crippen molar-refractivity contribution in [2.75, 3.05) is 0 Å². The standard InChI is InChI=1S/C19H18N2O3/c22-13-21-18(19(23)24-12-14-6-2-1-3-7-14)10-15-11-20-17-9-5-4-8-16(15)17/h1-9,11,16-18,20H,10,12H2. The zero-order valence-electron chi connectivity index (χ0n) is 13.1. The Balaban J connectivity index is 1.62. The van der Waals surface area contributed by atoms with Crippen LogP contribution in [0, 0.1) is 5.92 Å². The number of fused-ring (bicyclic) bond motifs is 1. The van der Waals surface area contributed by atoms with Crippen molar-refractivity contribution >= 4 is 12.0 Å². The fraction of sp³-hybridized carbons (Fsp3) is 0.263. The lowest BCUT2D eigenvalue weighted by atomic mass is 9.88. The van der Waals surface area contributed by atoms with Crippen molar-refractivity contribution in [3.05, 3.63) is 72.0 Å². The van der Waals surface area contributed by atoms with Gasteiger partial charge in [0, 0.05) is 12.3 Å². The van der Waals surface area contributed by atoms with Crippen LogP contribution in [0.15, 0.2) is 71.4 Å². The van der Waals surface area contributed by atoms with Crippen molar-refractivity contribution in [1.29, 1.82) is 0 Å². The Hall–Kier alpha value is -2.91. The summed E-state index contributed by atoms with van der Waals surface area (Å²) in [5.41, 5.74) is 1.92. The molecule has 1 heterocycles. The molecule has 1 N–H and O–H groups in total. The molecule has 5 nitrogen and oxygen atoms in total. The highest BCUT2D eigenvalue weighted by atomic mass is 16.5. The first-order valence-corrected chi connectivity index (χ1v) is 7.85. The molecule has 0 amide bonds. The summed E-state index contributed by atoms with van der Waals surface area (Å²) in [6.45, 7) is 0.163. The fourth-order valence-corrected chi connectivity index (χ4v) is 2.91. The maximum atomic E-state index is 12.3. The molecule has 0 fully saturated rings. The van der Waals surface area contributed by atoms with Crippen molar-refractivity contribution in [1.82, 2.24) is 5.32 Å². The van der Waals surface area contributed by atoms with Gasteiger partial charge in [0.2, 0.25) is 6.08 Å². The van der Waals surface area contributed by atoms with E-state index in [1.165, 1.54) is 6.08 Å². The Labute approximate surface area is 140 Å². The third kappa shape index (κ3) is 3.70. The Morgan fingerprint density at radius 2 is 2.04 bits per heavy atom. The number of rotatable bonds is 6. The van der Waals surface area contributed by atoms with Crippen LogP contribution in [-0.2, 0) is 20.9 Å². The molecule has 0 aromatic heterocycles. The zero-order chi connectivity index (χ0) is 16.8. The highest BCUT2D eigenvalue weighted by Crippen LogP contribution is 2.30. The Bertz CT molecular complexity index is 730. The summed E-state index contributed by atoms with van der Waals surface area (Å²) in [6, 6.07) is 8.73. The maximum Gasteiger partial charge on any atom is 0.332 e. The number of benzene rings is 1. The number of nitrogens with one attached hydrogen (secondary N) is 1. The molecule has 122 valence electrons. The van der Waals surface area contributed by atoms with Crippen molar-refractivity contribution in [2.45, 2.75) is 25.1 Å². The predicted molar refractivity (Wildman–Crippen MR) is 89.5 cm³/mol. The third-order valence-electron chi connectivity index (χ3n) is 4.16. The van der Waals surface area contributed by atoms with Gasteiger partial charge < -0.3 is 10.1 Å². The molecule has 0 bridgehead atoms. The van der Waals surface area contributed by atoms with E-state index in [-0.39, 0.29) is 18.6 Å². The molecule has 0 saturated heterocycles. The summed E-state index contributed by atoms with van der Waals surface area (Å²) in [4.78, 5) is 26.6. The number of ether oxygens (including phenoxy) is 1. The first-order valence-electron chi connectivity index (χ1n) is 7.85. The molecule has 0 spiro atoms. The SMILES string of the molecule is O=C=NC(CC1=CNC2C=CC=CC12)C(=O)OCc1ccccc1. The minimum Gasteiger partial charge on any atom is -0.459 e. The molecule has 3 rings (SSSR count). The number of aliphatic imine (C=N–C) groups is 1. The van der Waals surface area contributed by atoms with Crippen LogP contribution in [-0.4, -0.2) is 24.1 Å². The number of hydrogen-bond donors (Lipinski definition) is 1. The molecule has 0 saturated carbocycles. The number of esters is 1. The van der Waals surface area contributed by atoms with Gasteiger partial charge in [-0.05, 0) is 17.3 Å². The average Bonchev–Trinajstić information content (AvgIpc) is 3.03. The summed E-state index contributed by atoms with van der Waals surface area (Å²) in [5.74, 6) is -0.330. The summed E-state index contributed by atoms with van der Waals surface area (Å²) in [5, 5.41) is 3.26. The van der Waals surface area contributed by atoms with Gasteiger partial charge in [0.1, 0.15) is 6.61 Å². The van der Waals surface area contributed by atoms with E-state index >= 15 is 0 Å². The fourth-order valence-electron chi connectivity index (χ4n) is 2.91. The molecular weight excluding hydrogens is 304 g/mol. The van der Waals surface area contributed by atoms with Gasteiger partial charge >= 0.3 is 5.97 Å². The minimum atomic E-state index is -0.864. The van der Waals surface area contributed by atoms with Crippen LogP contribution in [0.1, 0.15) is 12.0 Å². The van der Waals surface area contributed by atoms with Crippen molar-refractivity contribution in [3.63, 3.8) is 0 Å². The van der Waals surface area contributed by atoms with Gasteiger partial charge in [-0.25, -0.2) is 9.59 Å². The average molecular weight is 322 g/mol. The quantitative estimate of drug-likeness (QED) is 0.496. The topological polar surface area (TPSA) is 67.8 Å². The molecule has 1 aliphatic carbocycles. The van der Waals surface area contributed by atoms with Crippen LogP contribution in [0.25, 0.3) is 0 Å². The van der Waals surface area contributed by atoms with E-state index in [2.05, 4.69) is 22.5 Å². The molecule has 1 aliphatic heterocycles. The monoisotopic (exact) mass is 322 g/mol. The molecule has 24 heavy (non-hydrogen) atoms. The maximum absolute atomic E-state index is 12.3. The summed E-state index contributed by atoms with van der Waals surface area (Å²) >= 11 is 0. The third-order valence-corrected chi connectivity index (χ3v) is 4.16. The second kappa shape index (κ2) is 7.57. The summed E-state index contributed by atoms with van der Waals surface area (Å²) < 4.78 is 5.30. The number of hydrogen-bond acceptors (Lipinski definition) is 5. The molecule has 5 heteroatoms. The first kappa shape index (κ1) is 16.0. The van der Waals surface area contributed by atoms with Crippen LogP contribution >= 0.6 is 0 Å². The molecular formula is C19H18N2O3. The van der Waals surface area contributed by atoms with Gasteiger partial charge in [0.05, 0.1) is 6.04 Å². The number of nitrogens with zero attached hydrogens (tertiary/aromatic N) is 1. The highest BCUT2D eigenvalue weighted by molar-refractivity contribution is 5.77. The lowest BCUT2D eigenvalue weighted by molar-refractivity contribution is -0.146. The van der Waals surface area contributed by atoms with E-state index < -0.39 is 12.0 Å². The van der Waals surface area contributed by atoms with Crippen LogP contribution in [0.3, 0.4) is 0 Å². The highest BCUT2D eigenvalue weighted by Gasteiger charge is 2.31. The number of allylic oxidation sites excluding steroid dienone is 2. The van der Waals surface area contributed by atoms with Gasteiger partial charge in [-0.2, -0.15) is 4.99 Å². The summed E-state index contributed by atoms with van der Waals surface area (Å²) in [6.07, 6.45) is 11.8. The van der Waals surface area contributed by atoms with Crippen molar-refractivity contribution < 1.29 is 14.3 Å². The van der Waals surface area contributed by atoms with E-state index in [0.717, 1.165) is 11.1 Å².